The summed E-state index contributed by atoms with van der Waals surface area (Å²) in [7, 11) is -3.74. The first-order valence-corrected chi connectivity index (χ1v) is 11.5. The van der Waals surface area contributed by atoms with Crippen LogP contribution in [0.25, 0.3) is 11.1 Å². The number of anilines is 1. The summed E-state index contributed by atoms with van der Waals surface area (Å²) in [6.07, 6.45) is 1.22. The molecule has 7 nitrogen and oxygen atoms in total. The lowest BCUT2D eigenvalue weighted by Gasteiger charge is -2.19. The van der Waals surface area contributed by atoms with Crippen molar-refractivity contribution in [3.05, 3.63) is 83.3 Å². The normalized spacial score (nSPS) is 11.5. The number of hydrogen-bond donors (Lipinski definition) is 1. The second kappa shape index (κ2) is 9.72. The van der Waals surface area contributed by atoms with E-state index < -0.39 is 21.5 Å². The van der Waals surface area contributed by atoms with Crippen LogP contribution in [0.15, 0.2) is 82.6 Å². The van der Waals surface area contributed by atoms with Crippen LogP contribution >= 0.6 is 0 Å². The average Bonchev–Trinajstić information content (AvgIpc) is 2.77. The Morgan fingerprint density at radius 3 is 2.26 bits per heavy atom. The van der Waals surface area contributed by atoms with Gasteiger partial charge in [-0.2, -0.15) is 4.31 Å². The number of aromatic nitrogens is 1. The van der Waals surface area contributed by atoms with E-state index in [1.165, 1.54) is 22.6 Å². The van der Waals surface area contributed by atoms with Crippen LogP contribution in [0.2, 0.25) is 0 Å². The fourth-order valence-corrected chi connectivity index (χ4v) is 4.78. The molecule has 3 aromatic rings. The minimum absolute atomic E-state index is 0.0201. The monoisotopic (exact) mass is 439 g/mol. The maximum atomic E-state index is 12.7. The minimum atomic E-state index is -3.74. The van der Waals surface area contributed by atoms with Crippen molar-refractivity contribution in [1.29, 1.82) is 0 Å². The molecule has 162 valence electrons. The van der Waals surface area contributed by atoms with E-state index in [9.17, 15) is 18.0 Å². The summed E-state index contributed by atoms with van der Waals surface area (Å²) >= 11 is 0. The van der Waals surface area contributed by atoms with Crippen LogP contribution in [0.1, 0.15) is 13.8 Å². The number of rotatable bonds is 8. The molecule has 1 amide bonds. The Labute approximate surface area is 182 Å². The summed E-state index contributed by atoms with van der Waals surface area (Å²) in [5.41, 5.74) is 1.95. The van der Waals surface area contributed by atoms with Gasteiger partial charge in [-0.1, -0.05) is 62.4 Å². The van der Waals surface area contributed by atoms with Crippen molar-refractivity contribution in [1.82, 2.24) is 8.87 Å². The second-order valence-corrected chi connectivity index (χ2v) is 8.82. The van der Waals surface area contributed by atoms with Crippen molar-refractivity contribution in [2.75, 3.05) is 18.4 Å². The van der Waals surface area contributed by atoms with E-state index in [-0.39, 0.29) is 11.4 Å². The van der Waals surface area contributed by atoms with Crippen molar-refractivity contribution in [2.45, 2.75) is 25.3 Å². The third-order valence-corrected chi connectivity index (χ3v) is 6.93. The standard InChI is InChI=1S/C23H25N3O4S/c1-3-26(4-2)31(29,30)19-14-15-23(28)25(16-19)17-22(27)24-21-13-9-8-12-20(21)18-10-6-5-7-11-18/h5-16H,3-4,17H2,1-2H3,(H,24,27). The number of carbonyl (C=O) groups excluding carboxylic acids is 1. The first-order valence-electron chi connectivity index (χ1n) is 10.0. The van der Waals surface area contributed by atoms with Crippen molar-refractivity contribution >= 4 is 21.6 Å². The third kappa shape index (κ3) is 5.10. The van der Waals surface area contributed by atoms with E-state index in [1.54, 1.807) is 19.9 Å². The predicted molar refractivity (Wildman–Crippen MR) is 121 cm³/mol. The van der Waals surface area contributed by atoms with Gasteiger partial charge >= 0.3 is 0 Å². The number of para-hydroxylation sites is 1. The van der Waals surface area contributed by atoms with E-state index in [4.69, 9.17) is 0 Å². The molecule has 0 saturated heterocycles. The number of amides is 1. The largest absolute Gasteiger partial charge is 0.324 e. The fourth-order valence-electron chi connectivity index (χ4n) is 3.30. The number of nitrogens with zero attached hydrogens (tertiary/aromatic N) is 2. The van der Waals surface area contributed by atoms with Gasteiger partial charge in [-0.15, -0.1) is 0 Å². The lowest BCUT2D eigenvalue weighted by atomic mass is 10.0. The molecule has 0 aliphatic heterocycles. The van der Waals surface area contributed by atoms with Crippen molar-refractivity contribution < 1.29 is 13.2 Å². The Kier molecular flexibility index (Phi) is 7.04. The Morgan fingerprint density at radius 1 is 0.935 bits per heavy atom. The van der Waals surface area contributed by atoms with Crippen LogP contribution in [0.3, 0.4) is 0 Å². The topological polar surface area (TPSA) is 88.5 Å². The number of carbonyl (C=O) groups is 1. The molecular weight excluding hydrogens is 414 g/mol. The van der Waals surface area contributed by atoms with Crippen LogP contribution < -0.4 is 10.9 Å². The fraction of sp³-hybridized carbons (Fsp3) is 0.217. The molecule has 0 saturated carbocycles. The highest BCUT2D eigenvalue weighted by Gasteiger charge is 2.22. The summed E-state index contributed by atoms with van der Waals surface area (Å²) in [6.45, 7) is 3.82. The van der Waals surface area contributed by atoms with Gasteiger partial charge in [0.15, 0.2) is 0 Å². The molecule has 1 N–H and O–H groups in total. The first kappa shape index (κ1) is 22.5. The van der Waals surface area contributed by atoms with E-state index in [1.807, 2.05) is 48.5 Å². The van der Waals surface area contributed by atoms with E-state index in [2.05, 4.69) is 5.32 Å². The molecule has 0 aliphatic rings. The quantitative estimate of drug-likeness (QED) is 0.584. The van der Waals surface area contributed by atoms with Crippen molar-refractivity contribution in [3.63, 3.8) is 0 Å². The molecule has 0 aliphatic carbocycles. The van der Waals surface area contributed by atoms with E-state index in [0.717, 1.165) is 15.7 Å². The van der Waals surface area contributed by atoms with Gasteiger partial charge in [0.2, 0.25) is 15.9 Å². The van der Waals surface area contributed by atoms with Crippen molar-refractivity contribution in [3.8, 4) is 11.1 Å². The Bertz CT molecular complexity index is 1220. The summed E-state index contributed by atoms with van der Waals surface area (Å²) in [6, 6.07) is 19.4. The maximum Gasteiger partial charge on any atom is 0.251 e. The summed E-state index contributed by atoms with van der Waals surface area (Å²) < 4.78 is 27.9. The van der Waals surface area contributed by atoms with Crippen LogP contribution in [-0.4, -0.2) is 36.3 Å². The SMILES string of the molecule is CCN(CC)S(=O)(=O)c1ccc(=O)n(CC(=O)Nc2ccccc2-c2ccccc2)c1. The first-order chi connectivity index (χ1) is 14.9. The molecule has 0 radical (unpaired) electrons. The number of pyridine rings is 1. The summed E-state index contributed by atoms with van der Waals surface area (Å²) in [5.74, 6) is -0.428. The molecule has 0 spiro atoms. The van der Waals surface area contributed by atoms with Gasteiger partial charge in [0.25, 0.3) is 5.56 Å². The highest BCUT2D eigenvalue weighted by Crippen LogP contribution is 2.27. The highest BCUT2D eigenvalue weighted by molar-refractivity contribution is 7.89. The summed E-state index contributed by atoms with van der Waals surface area (Å²) in [5, 5.41) is 2.83. The predicted octanol–water partition coefficient (Wildman–Crippen LogP) is 3.18. The van der Waals surface area contributed by atoms with Crippen LogP contribution in [0.5, 0.6) is 0 Å². The van der Waals surface area contributed by atoms with Gasteiger partial charge < -0.3 is 9.88 Å². The van der Waals surface area contributed by atoms with Gasteiger partial charge in [0, 0.05) is 36.6 Å². The van der Waals surface area contributed by atoms with Gasteiger partial charge in [0.05, 0.1) is 4.90 Å². The van der Waals surface area contributed by atoms with Crippen LogP contribution in [-0.2, 0) is 21.4 Å². The number of benzene rings is 2. The molecule has 31 heavy (non-hydrogen) atoms. The third-order valence-electron chi connectivity index (χ3n) is 4.90. The zero-order valence-electron chi connectivity index (χ0n) is 17.5. The molecule has 8 heteroatoms. The molecule has 1 heterocycles. The van der Waals surface area contributed by atoms with Crippen LogP contribution in [0, 0.1) is 0 Å². The lowest BCUT2D eigenvalue weighted by molar-refractivity contribution is -0.116. The zero-order chi connectivity index (χ0) is 22.4. The minimum Gasteiger partial charge on any atom is -0.324 e. The number of nitrogens with one attached hydrogen (secondary N) is 1. The molecule has 0 bridgehead atoms. The molecule has 0 unspecified atom stereocenters. The Balaban J connectivity index is 1.85. The van der Waals surface area contributed by atoms with Crippen LogP contribution in [0.4, 0.5) is 5.69 Å². The smallest absolute Gasteiger partial charge is 0.251 e. The van der Waals surface area contributed by atoms with Gasteiger partial charge in [-0.3, -0.25) is 9.59 Å². The van der Waals surface area contributed by atoms with E-state index >= 15 is 0 Å². The molecule has 0 fully saturated rings. The zero-order valence-corrected chi connectivity index (χ0v) is 18.3. The maximum absolute atomic E-state index is 12.7. The second-order valence-electron chi connectivity index (χ2n) is 6.88. The van der Waals surface area contributed by atoms with Gasteiger partial charge in [-0.25, -0.2) is 8.42 Å². The van der Waals surface area contributed by atoms with Gasteiger partial charge in [0.1, 0.15) is 6.54 Å². The van der Waals surface area contributed by atoms with Crippen molar-refractivity contribution in [2.24, 2.45) is 0 Å². The summed E-state index contributed by atoms with van der Waals surface area (Å²) in [4.78, 5) is 24.9. The highest BCUT2D eigenvalue weighted by atomic mass is 32.2. The molecular formula is C23H25N3O4S. The molecule has 2 aromatic carbocycles. The van der Waals surface area contributed by atoms with Gasteiger partial charge in [-0.05, 0) is 17.7 Å². The van der Waals surface area contributed by atoms with E-state index in [0.29, 0.717) is 18.8 Å². The number of hydrogen-bond acceptors (Lipinski definition) is 4. The molecule has 0 atom stereocenters. The molecule has 1 aromatic heterocycles. The molecule has 3 rings (SSSR count). The lowest BCUT2D eigenvalue weighted by Crippen LogP contribution is -2.33. The number of sulfonamides is 1. The Morgan fingerprint density at radius 2 is 1.58 bits per heavy atom. The average molecular weight is 440 g/mol. The Hall–Kier alpha value is -3.23.